The number of hydrogen-bond donors (Lipinski definition) is 7. The van der Waals surface area contributed by atoms with Gasteiger partial charge in [0, 0.05) is 0 Å². The topological polar surface area (TPSA) is 333 Å². The Labute approximate surface area is 290 Å². The lowest BCUT2D eigenvalue weighted by Gasteiger charge is -2.13. The number of rotatable bonds is 8. The molecule has 0 spiro atoms. The summed E-state index contributed by atoms with van der Waals surface area (Å²) in [6, 6.07) is 9.10. The number of aromatic hydroxyl groups is 1. The van der Waals surface area contributed by atoms with Crippen LogP contribution in [0.1, 0.15) is 68.5 Å². The van der Waals surface area contributed by atoms with Crippen LogP contribution in [0.15, 0.2) is 57.2 Å². The van der Waals surface area contributed by atoms with Gasteiger partial charge in [0.25, 0.3) is 17.0 Å². The fraction of sp³-hybridized carbons (Fsp3) is 0. The average Bonchev–Trinajstić information content (AvgIpc) is 3.62. The van der Waals surface area contributed by atoms with Crippen molar-refractivity contribution in [2.45, 2.75) is 0 Å². The molecule has 0 unspecified atom stereocenters. The molecule has 20 heteroatoms. The standard InChI is InChI=1S/C33H16N8O12/c34-10-20-18(26(42)36-24-22(20)28(44)40(38-24)16-6-12(30(46)47)4-13(7-16)31(48)49)2-1-3-19-21(11-35)23-25(37-27(19)43)39-41(29(23)45)17-8-14(32(50)51)5-15(9-17)33(52)53/h1-9H,(H,46,47)(H,48,49)(H,50,51)(H,52,53)(H,36,38,42)(H2,37,39,43). The molecule has 0 atom stereocenters. The molecule has 1 aromatic heterocycles. The number of H-pyrrole nitrogens is 2. The summed E-state index contributed by atoms with van der Waals surface area (Å²) in [5, 5.41) is 76.6. The molecule has 260 valence electrons. The van der Waals surface area contributed by atoms with Crippen LogP contribution in [0.2, 0.25) is 0 Å². The Bertz CT molecular complexity index is 2800. The lowest BCUT2D eigenvalue weighted by molar-refractivity contribution is 0.0676. The number of benzene rings is 2. The number of carbonyl (C=O) groups excluding carboxylic acids is 1. The molecule has 20 nitrogen and oxygen atoms in total. The van der Waals surface area contributed by atoms with Crippen molar-refractivity contribution >= 4 is 47.6 Å². The number of aromatic nitrogens is 4. The van der Waals surface area contributed by atoms with Crippen LogP contribution < -0.4 is 26.8 Å². The molecular formula is C33H16N8O12. The van der Waals surface area contributed by atoms with Crippen molar-refractivity contribution < 1.29 is 49.5 Å². The normalized spacial score (nSPS) is 12.4. The minimum atomic E-state index is -1.50. The molecule has 3 aliphatic rings. The van der Waals surface area contributed by atoms with Crippen LogP contribution in [0.3, 0.4) is 0 Å². The Kier molecular flexibility index (Phi) is 8.18. The quantitative estimate of drug-likeness (QED) is 0.113. The number of aromatic amines is 2. The zero-order chi connectivity index (χ0) is 38.5. The van der Waals surface area contributed by atoms with Crippen molar-refractivity contribution in [2.24, 2.45) is 5.10 Å². The summed E-state index contributed by atoms with van der Waals surface area (Å²) in [7, 11) is 0. The van der Waals surface area contributed by atoms with Crippen LogP contribution in [0.5, 0.6) is 5.88 Å². The van der Waals surface area contributed by atoms with Gasteiger partial charge in [-0.05, 0) is 48.6 Å². The monoisotopic (exact) mass is 716 g/mol. The van der Waals surface area contributed by atoms with Gasteiger partial charge in [-0.25, -0.2) is 19.2 Å². The first-order valence-electron chi connectivity index (χ1n) is 14.4. The van der Waals surface area contributed by atoms with Crippen molar-refractivity contribution in [3.05, 3.63) is 118 Å². The number of nitriles is 2. The predicted molar refractivity (Wildman–Crippen MR) is 174 cm³/mol. The van der Waals surface area contributed by atoms with E-state index in [-0.39, 0.29) is 33.8 Å². The second-order valence-corrected chi connectivity index (χ2v) is 10.9. The van der Waals surface area contributed by atoms with E-state index in [9.17, 15) is 69.6 Å². The van der Waals surface area contributed by atoms with E-state index < -0.39 is 90.9 Å². The third-order valence-corrected chi connectivity index (χ3v) is 7.76. The Morgan fingerprint density at radius 2 is 1.26 bits per heavy atom. The molecule has 4 heterocycles. The number of aromatic carboxylic acids is 4. The number of nitrogens with one attached hydrogen (secondary N) is 2. The molecule has 0 aliphatic carbocycles. The molecule has 3 aliphatic heterocycles. The number of nitrogens with zero attached hydrogens (tertiary/aromatic N) is 6. The highest BCUT2D eigenvalue weighted by Gasteiger charge is 2.31. The van der Waals surface area contributed by atoms with Crippen molar-refractivity contribution in [1.82, 2.24) is 19.7 Å². The molecule has 1 amide bonds. The van der Waals surface area contributed by atoms with Crippen molar-refractivity contribution in [3.8, 4) is 35.1 Å². The first kappa shape index (κ1) is 34.2. The Balaban J connectivity index is 1.44. The van der Waals surface area contributed by atoms with Crippen molar-refractivity contribution in [2.75, 3.05) is 5.01 Å². The highest BCUT2D eigenvalue weighted by atomic mass is 16.4. The highest BCUT2D eigenvalue weighted by Crippen LogP contribution is 2.30. The summed E-state index contributed by atoms with van der Waals surface area (Å²) >= 11 is 0. The Morgan fingerprint density at radius 3 is 1.77 bits per heavy atom. The highest BCUT2D eigenvalue weighted by molar-refractivity contribution is 6.09. The number of fused-ring (bicyclic) bond motifs is 2. The molecular weight excluding hydrogens is 700 g/mol. The van der Waals surface area contributed by atoms with Gasteiger partial charge >= 0.3 is 23.9 Å². The van der Waals surface area contributed by atoms with Crippen LogP contribution in [-0.4, -0.2) is 75.1 Å². The molecule has 0 saturated carbocycles. The van der Waals surface area contributed by atoms with Gasteiger partial charge in [-0.15, -0.1) is 10.2 Å². The van der Waals surface area contributed by atoms with Crippen LogP contribution in [0, 0.1) is 22.7 Å². The molecule has 0 fully saturated rings. The molecule has 0 bridgehead atoms. The SMILES string of the molecule is N#Cc1c(C=CC=c2c(C#N)c3c([nH]c2=O)=NN(c2cc(C(=O)O)cc(C(=O)O)c2)C3=O)c(O)[nH]c2nn(-c3cc(C(=O)O)cc(C(=O)O)c3)c(=O)c1-2. The first-order chi connectivity index (χ1) is 25.1. The lowest BCUT2D eigenvalue weighted by Crippen LogP contribution is -2.38. The largest absolute Gasteiger partial charge is 0.494 e. The van der Waals surface area contributed by atoms with Gasteiger partial charge in [0.2, 0.25) is 0 Å². The summed E-state index contributed by atoms with van der Waals surface area (Å²) in [5.74, 6) is -8.05. The smallest absolute Gasteiger partial charge is 0.335 e. The number of hydrogen-bond acceptors (Lipinski definition) is 12. The molecule has 0 radical (unpaired) electrons. The van der Waals surface area contributed by atoms with Gasteiger partial charge in [-0.3, -0.25) is 14.4 Å². The number of carboxylic acids is 4. The van der Waals surface area contributed by atoms with Gasteiger partial charge in [-0.1, -0.05) is 6.08 Å². The Hall–Kier alpha value is -8.65. The summed E-state index contributed by atoms with van der Waals surface area (Å²) in [6.07, 6.45) is 3.21. The number of allylic oxidation sites excluding steroid dienone is 1. The molecule has 3 aromatic rings. The molecule has 7 N–H and O–H groups in total. The van der Waals surface area contributed by atoms with E-state index >= 15 is 0 Å². The van der Waals surface area contributed by atoms with E-state index in [1.807, 2.05) is 0 Å². The average molecular weight is 717 g/mol. The van der Waals surface area contributed by atoms with Crippen LogP contribution in [0.25, 0.3) is 29.2 Å². The molecule has 2 aromatic carbocycles. The van der Waals surface area contributed by atoms with E-state index in [1.54, 1.807) is 12.1 Å². The predicted octanol–water partition coefficient (Wildman–Crippen LogP) is 0.284. The molecule has 0 saturated heterocycles. The maximum atomic E-state index is 13.5. The Morgan fingerprint density at radius 1 is 0.736 bits per heavy atom. The van der Waals surface area contributed by atoms with Gasteiger partial charge in [0.15, 0.2) is 17.2 Å². The minimum absolute atomic E-state index is 0.276. The summed E-state index contributed by atoms with van der Waals surface area (Å²) in [4.78, 5) is 91.1. The van der Waals surface area contributed by atoms with Crippen LogP contribution in [-0.2, 0) is 0 Å². The van der Waals surface area contributed by atoms with E-state index in [1.165, 1.54) is 0 Å². The maximum Gasteiger partial charge on any atom is 0.335 e. The first-order valence-corrected chi connectivity index (χ1v) is 14.4. The summed E-state index contributed by atoms with van der Waals surface area (Å²) in [6.45, 7) is 0. The zero-order valence-corrected chi connectivity index (χ0v) is 26.0. The van der Waals surface area contributed by atoms with E-state index in [0.29, 0.717) is 9.69 Å². The zero-order valence-electron chi connectivity index (χ0n) is 26.0. The third kappa shape index (κ3) is 5.77. The minimum Gasteiger partial charge on any atom is -0.494 e. The number of carbonyl (C=O) groups is 5. The lowest BCUT2D eigenvalue weighted by atomic mass is 10.0. The fourth-order valence-electron chi connectivity index (χ4n) is 5.39. The van der Waals surface area contributed by atoms with E-state index in [4.69, 9.17) is 0 Å². The summed E-state index contributed by atoms with van der Waals surface area (Å²) < 4.78 is 0.634. The maximum absolute atomic E-state index is 13.5. The van der Waals surface area contributed by atoms with Crippen LogP contribution in [0.4, 0.5) is 5.69 Å². The number of amides is 1. The van der Waals surface area contributed by atoms with Crippen molar-refractivity contribution in [1.29, 1.82) is 10.5 Å². The van der Waals surface area contributed by atoms with Gasteiger partial charge < -0.3 is 35.5 Å². The molecule has 6 rings (SSSR count). The second-order valence-electron chi connectivity index (χ2n) is 10.9. The number of anilines is 1. The van der Waals surface area contributed by atoms with E-state index in [0.717, 1.165) is 54.6 Å². The molecule has 53 heavy (non-hydrogen) atoms. The fourth-order valence-corrected chi connectivity index (χ4v) is 5.39. The van der Waals surface area contributed by atoms with Gasteiger partial charge in [0.05, 0.1) is 55.5 Å². The van der Waals surface area contributed by atoms with E-state index in [2.05, 4.69) is 20.2 Å². The summed E-state index contributed by atoms with van der Waals surface area (Å²) in [5.41, 5.74) is -6.86. The van der Waals surface area contributed by atoms with Gasteiger partial charge in [-0.2, -0.15) is 20.2 Å². The third-order valence-electron chi connectivity index (χ3n) is 7.76. The van der Waals surface area contributed by atoms with Crippen LogP contribution >= 0.6 is 0 Å². The number of carboxylic acid groups (broad SMARTS) is 4. The van der Waals surface area contributed by atoms with Gasteiger partial charge in [0.1, 0.15) is 23.3 Å². The second kappa shape index (κ2) is 12.7. The van der Waals surface area contributed by atoms with Crippen molar-refractivity contribution in [3.63, 3.8) is 0 Å². The number of pyridine rings is 2.